The summed E-state index contributed by atoms with van der Waals surface area (Å²) < 4.78 is 22.4. The van der Waals surface area contributed by atoms with Gasteiger partial charge in [0.05, 0.1) is 0 Å². The minimum absolute atomic E-state index is 0.200. The van der Waals surface area contributed by atoms with E-state index in [1.165, 1.54) is 0 Å². The van der Waals surface area contributed by atoms with Crippen LogP contribution in [0.4, 0.5) is 0 Å². The summed E-state index contributed by atoms with van der Waals surface area (Å²) in [5, 5.41) is 5.50. The van der Waals surface area contributed by atoms with E-state index < -0.39 is 16.4 Å². The van der Waals surface area contributed by atoms with Crippen molar-refractivity contribution in [2.75, 3.05) is 0 Å². The van der Waals surface area contributed by atoms with E-state index in [2.05, 4.69) is 19.5 Å². The molecule has 0 aliphatic heterocycles. The van der Waals surface area contributed by atoms with Crippen molar-refractivity contribution in [3.05, 3.63) is 12.2 Å². The number of amides is 1. The molecule has 11 heavy (non-hydrogen) atoms. The lowest BCUT2D eigenvalue weighted by atomic mass is 10.6. The van der Waals surface area contributed by atoms with Crippen LogP contribution in [0.2, 0.25) is 0 Å². The highest BCUT2D eigenvalue weighted by Gasteiger charge is 2.06. The fourth-order valence-electron chi connectivity index (χ4n) is 0.419. The first-order chi connectivity index (χ1) is 5.20. The Morgan fingerprint density at radius 2 is 2.36 bits per heavy atom. The Morgan fingerprint density at radius 3 is 2.82 bits per heavy atom. The lowest BCUT2D eigenvalue weighted by Crippen LogP contribution is -1.96. The van der Waals surface area contributed by atoms with Gasteiger partial charge >= 0.3 is 16.4 Å². The molecular weight excluding hydrogens is 172 g/mol. The summed E-state index contributed by atoms with van der Waals surface area (Å²) in [7, 11) is -2.74. The van der Waals surface area contributed by atoms with Gasteiger partial charge in [0.1, 0.15) is 6.33 Å². The first-order valence-corrected chi connectivity index (χ1v) is 3.44. The normalized spacial score (nSPS) is 9.09. The Morgan fingerprint density at radius 1 is 1.64 bits per heavy atom. The molecule has 0 aromatic carbocycles. The molecule has 0 atom stereocenters. The van der Waals surface area contributed by atoms with Gasteiger partial charge in [0.2, 0.25) is 5.82 Å². The van der Waals surface area contributed by atoms with Crippen LogP contribution in [-0.4, -0.2) is 29.5 Å². The van der Waals surface area contributed by atoms with Crippen molar-refractivity contribution in [1.29, 1.82) is 0 Å². The Balaban J connectivity index is 2.97. The second-order valence-electron chi connectivity index (χ2n) is 1.45. The highest BCUT2D eigenvalue weighted by atomic mass is 32.2. The molecule has 7 nitrogen and oxygen atoms in total. The van der Waals surface area contributed by atoms with Crippen molar-refractivity contribution in [1.82, 2.24) is 15.2 Å². The molecule has 1 aromatic heterocycles. The molecular formula is C3H2N4O3S. The third kappa shape index (κ3) is 1.93. The fourth-order valence-corrected chi connectivity index (χ4v) is 0.641. The van der Waals surface area contributed by atoms with Gasteiger partial charge in [-0.2, -0.15) is 13.5 Å². The average molecular weight is 174 g/mol. The summed E-state index contributed by atoms with van der Waals surface area (Å²) >= 11 is 0. The molecule has 1 N–H and O–H groups in total. The number of carbonyl (C=O) groups excluding carboxylic acids is 1. The van der Waals surface area contributed by atoms with E-state index >= 15 is 0 Å². The quantitative estimate of drug-likeness (QED) is 0.588. The van der Waals surface area contributed by atoms with Crippen LogP contribution in [0.1, 0.15) is 10.6 Å². The van der Waals surface area contributed by atoms with Crippen LogP contribution >= 0.6 is 0 Å². The van der Waals surface area contributed by atoms with E-state index in [0.29, 0.717) is 0 Å². The first kappa shape index (κ1) is 7.54. The van der Waals surface area contributed by atoms with Gasteiger partial charge in [-0.15, -0.1) is 0 Å². The van der Waals surface area contributed by atoms with Crippen molar-refractivity contribution in [2.24, 2.45) is 4.36 Å². The number of nitrogens with one attached hydrogen (secondary N) is 1. The Kier molecular flexibility index (Phi) is 2.06. The van der Waals surface area contributed by atoms with Crippen molar-refractivity contribution < 1.29 is 13.2 Å². The molecule has 0 aliphatic carbocycles. The Hall–Kier alpha value is -1.57. The smallest absolute Gasteiger partial charge is 0.262 e. The van der Waals surface area contributed by atoms with Crippen molar-refractivity contribution in [2.45, 2.75) is 0 Å². The summed E-state index contributed by atoms with van der Waals surface area (Å²) in [5.74, 6) is -1.16. The summed E-state index contributed by atoms with van der Waals surface area (Å²) in [6.45, 7) is 0. The standard InChI is InChI=1S/C3H2N4O3S/c8-3(7-11(9)10)2-4-1-5-6-2/h1H,(H,4,5,6). The van der Waals surface area contributed by atoms with Gasteiger partial charge in [0, 0.05) is 0 Å². The lowest BCUT2D eigenvalue weighted by molar-refractivity contribution is 0.0995. The molecule has 0 spiro atoms. The largest absolute Gasteiger partial charge is 0.329 e. The molecule has 0 aliphatic rings. The van der Waals surface area contributed by atoms with E-state index in [0.717, 1.165) is 6.33 Å². The van der Waals surface area contributed by atoms with Crippen LogP contribution < -0.4 is 0 Å². The van der Waals surface area contributed by atoms with Crippen LogP contribution in [0.3, 0.4) is 0 Å². The van der Waals surface area contributed by atoms with Crippen LogP contribution in [0.15, 0.2) is 10.7 Å². The minimum Gasteiger partial charge on any atom is -0.262 e. The average Bonchev–Trinajstić information content (AvgIpc) is 2.35. The van der Waals surface area contributed by atoms with E-state index in [9.17, 15) is 13.2 Å². The van der Waals surface area contributed by atoms with Gasteiger partial charge < -0.3 is 0 Å². The van der Waals surface area contributed by atoms with Crippen LogP contribution in [-0.2, 0) is 10.5 Å². The topological polar surface area (TPSA) is 105 Å². The third-order valence-electron chi connectivity index (χ3n) is 0.775. The summed E-state index contributed by atoms with van der Waals surface area (Å²) in [5.41, 5.74) is 0. The number of hydrogen-bond donors (Lipinski definition) is 1. The van der Waals surface area contributed by atoms with E-state index in [1.807, 2.05) is 0 Å². The maximum absolute atomic E-state index is 10.6. The molecule has 1 rings (SSSR count). The van der Waals surface area contributed by atoms with E-state index in [-0.39, 0.29) is 5.82 Å². The van der Waals surface area contributed by atoms with E-state index in [4.69, 9.17) is 0 Å². The molecule has 0 saturated carbocycles. The summed E-state index contributed by atoms with van der Waals surface area (Å²) in [6, 6.07) is 0. The fraction of sp³-hybridized carbons (Fsp3) is 0. The van der Waals surface area contributed by atoms with Gasteiger partial charge in [-0.1, -0.05) is 4.36 Å². The highest BCUT2D eigenvalue weighted by molar-refractivity contribution is 7.62. The van der Waals surface area contributed by atoms with Crippen molar-refractivity contribution in [3.63, 3.8) is 0 Å². The molecule has 8 heteroatoms. The zero-order valence-corrected chi connectivity index (χ0v) is 5.87. The SMILES string of the molecule is O=C(N=S(=O)=O)c1ncn[nH]1. The molecule has 1 amide bonds. The molecule has 1 heterocycles. The van der Waals surface area contributed by atoms with Gasteiger partial charge in [-0.05, 0) is 0 Å². The number of hydrogen-bond acceptors (Lipinski definition) is 5. The number of carbonyl (C=O) groups is 1. The van der Waals surface area contributed by atoms with E-state index in [1.54, 1.807) is 0 Å². The predicted molar refractivity (Wildman–Crippen MR) is 32.1 cm³/mol. The third-order valence-corrected chi connectivity index (χ3v) is 1.09. The monoisotopic (exact) mass is 174 g/mol. The molecule has 0 bridgehead atoms. The number of aromatic nitrogens is 3. The Bertz CT molecular complexity index is 369. The molecule has 0 saturated heterocycles. The molecule has 0 unspecified atom stereocenters. The molecule has 1 aromatic rings. The molecule has 58 valence electrons. The zero-order chi connectivity index (χ0) is 8.27. The maximum atomic E-state index is 10.6. The maximum Gasteiger partial charge on any atom is 0.329 e. The minimum atomic E-state index is -2.74. The summed E-state index contributed by atoms with van der Waals surface area (Å²) in [6.07, 6.45) is 1.08. The first-order valence-electron chi connectivity index (χ1n) is 2.41. The zero-order valence-electron chi connectivity index (χ0n) is 5.05. The predicted octanol–water partition coefficient (Wildman–Crippen LogP) is -0.992. The van der Waals surface area contributed by atoms with Crippen LogP contribution in [0.25, 0.3) is 0 Å². The number of rotatable bonds is 1. The highest BCUT2D eigenvalue weighted by Crippen LogP contribution is 1.87. The Labute approximate surface area is 62.2 Å². The molecule has 0 radical (unpaired) electrons. The molecule has 0 fully saturated rings. The second kappa shape index (κ2) is 3.01. The van der Waals surface area contributed by atoms with Gasteiger partial charge in [0.25, 0.3) is 0 Å². The van der Waals surface area contributed by atoms with Gasteiger partial charge in [-0.3, -0.25) is 9.89 Å². The van der Waals surface area contributed by atoms with Gasteiger partial charge in [-0.25, -0.2) is 4.98 Å². The van der Waals surface area contributed by atoms with Gasteiger partial charge in [0.15, 0.2) is 0 Å². The van der Waals surface area contributed by atoms with Crippen LogP contribution in [0.5, 0.6) is 0 Å². The van der Waals surface area contributed by atoms with Crippen molar-refractivity contribution >= 4 is 16.4 Å². The lowest BCUT2D eigenvalue weighted by Gasteiger charge is -1.78. The summed E-state index contributed by atoms with van der Waals surface area (Å²) in [4.78, 5) is 14.0. The second-order valence-corrected chi connectivity index (χ2v) is 2.06. The number of aromatic amines is 1. The number of nitrogens with zero attached hydrogens (tertiary/aromatic N) is 3. The van der Waals surface area contributed by atoms with Crippen molar-refractivity contribution in [3.8, 4) is 0 Å². The van der Waals surface area contributed by atoms with Crippen LogP contribution in [0, 0.1) is 0 Å². The number of H-pyrrole nitrogens is 1.